The van der Waals surface area contributed by atoms with Crippen LogP contribution in [0, 0.1) is 26.7 Å². The number of hydrogen-bond donors (Lipinski definition) is 1. The van der Waals surface area contributed by atoms with E-state index in [1.54, 1.807) is 7.11 Å². The molecule has 28 heavy (non-hydrogen) atoms. The van der Waals surface area contributed by atoms with Crippen LogP contribution in [0.3, 0.4) is 0 Å². The molecule has 1 atom stereocenters. The molecule has 0 radical (unpaired) electrons. The molecule has 1 unspecified atom stereocenters. The number of methoxy groups -OCH3 is 1. The molecular formula is C22H32N4O2. The number of benzene rings is 1. The number of hydrogen-bond acceptors (Lipinski definition) is 5. The minimum atomic E-state index is 0.0496. The van der Waals surface area contributed by atoms with E-state index in [0.717, 1.165) is 54.9 Å². The molecule has 2 aromatic rings. The Morgan fingerprint density at radius 2 is 1.89 bits per heavy atom. The van der Waals surface area contributed by atoms with Gasteiger partial charge in [0, 0.05) is 31.5 Å². The smallest absolute Gasteiger partial charge is 0.226 e. The van der Waals surface area contributed by atoms with Gasteiger partial charge in [0.1, 0.15) is 0 Å². The summed E-state index contributed by atoms with van der Waals surface area (Å²) in [6.07, 6.45) is 2.52. The Hall–Kier alpha value is -2.21. The summed E-state index contributed by atoms with van der Waals surface area (Å²) >= 11 is 0. The fraction of sp³-hybridized carbons (Fsp3) is 0.591. The van der Waals surface area contributed by atoms with Crippen LogP contribution in [0.25, 0.3) is 10.9 Å². The molecule has 1 amide bonds. The number of rotatable bonds is 6. The topological polar surface area (TPSA) is 67.3 Å². The zero-order chi connectivity index (χ0) is 20.3. The fourth-order valence-electron chi connectivity index (χ4n) is 3.79. The van der Waals surface area contributed by atoms with E-state index in [1.807, 2.05) is 6.92 Å². The average molecular weight is 385 g/mol. The van der Waals surface area contributed by atoms with Crippen LogP contribution in [-0.4, -0.2) is 48.7 Å². The second-order valence-corrected chi connectivity index (χ2v) is 7.89. The van der Waals surface area contributed by atoms with Gasteiger partial charge < -0.3 is 15.0 Å². The lowest BCUT2D eigenvalue weighted by molar-refractivity contribution is -0.126. The molecule has 0 bridgehead atoms. The molecule has 0 aliphatic carbocycles. The van der Waals surface area contributed by atoms with E-state index >= 15 is 0 Å². The first-order valence-electron chi connectivity index (χ1n) is 10.2. The van der Waals surface area contributed by atoms with Gasteiger partial charge in [-0.05, 0) is 63.3 Å². The normalized spacial score (nSPS) is 16.4. The fourth-order valence-corrected chi connectivity index (χ4v) is 3.79. The van der Waals surface area contributed by atoms with Gasteiger partial charge in [-0.1, -0.05) is 6.92 Å². The Bertz CT molecular complexity index is 844. The standard InChI is InChI=1S/C22H32N4O2/c1-6-18(13-28-5)24-21(27)17-7-9-26(10-8-17)22-23-16(4)19-11-14(2)15(3)12-20(19)25-22/h11-12,17-18H,6-10,13H2,1-5H3,(H,24,27). The molecule has 6 heteroatoms. The van der Waals surface area contributed by atoms with E-state index in [-0.39, 0.29) is 17.9 Å². The highest BCUT2D eigenvalue weighted by Gasteiger charge is 2.27. The molecule has 6 nitrogen and oxygen atoms in total. The third-order valence-corrected chi connectivity index (χ3v) is 5.85. The van der Waals surface area contributed by atoms with Crippen LogP contribution in [-0.2, 0) is 9.53 Å². The predicted molar refractivity (Wildman–Crippen MR) is 113 cm³/mol. The van der Waals surface area contributed by atoms with E-state index in [1.165, 1.54) is 11.1 Å². The maximum absolute atomic E-state index is 12.6. The summed E-state index contributed by atoms with van der Waals surface area (Å²) in [5, 5.41) is 4.24. The predicted octanol–water partition coefficient (Wildman–Crippen LogP) is 3.31. The van der Waals surface area contributed by atoms with Crippen molar-refractivity contribution >= 4 is 22.8 Å². The molecule has 0 saturated carbocycles. The monoisotopic (exact) mass is 384 g/mol. The molecular weight excluding hydrogens is 352 g/mol. The number of aromatic nitrogens is 2. The zero-order valence-corrected chi connectivity index (χ0v) is 17.7. The summed E-state index contributed by atoms with van der Waals surface area (Å²) in [6, 6.07) is 4.41. The van der Waals surface area contributed by atoms with Gasteiger partial charge in [-0.2, -0.15) is 0 Å². The van der Waals surface area contributed by atoms with Gasteiger partial charge in [-0.3, -0.25) is 4.79 Å². The molecule has 1 aliphatic rings. The third-order valence-electron chi connectivity index (χ3n) is 5.85. The molecule has 1 aliphatic heterocycles. The lowest BCUT2D eigenvalue weighted by atomic mass is 9.95. The first-order valence-corrected chi connectivity index (χ1v) is 10.2. The number of ether oxygens (including phenoxy) is 1. The van der Waals surface area contributed by atoms with Crippen LogP contribution < -0.4 is 10.2 Å². The van der Waals surface area contributed by atoms with Gasteiger partial charge in [0.05, 0.1) is 23.9 Å². The van der Waals surface area contributed by atoms with E-state index in [2.05, 4.69) is 43.1 Å². The number of amides is 1. The van der Waals surface area contributed by atoms with Crippen LogP contribution in [0.5, 0.6) is 0 Å². The zero-order valence-electron chi connectivity index (χ0n) is 17.7. The highest BCUT2D eigenvalue weighted by Crippen LogP contribution is 2.26. The molecule has 0 spiro atoms. The number of carbonyl (C=O) groups is 1. The van der Waals surface area contributed by atoms with Crippen molar-refractivity contribution in [2.45, 2.75) is 53.0 Å². The Kier molecular flexibility index (Phi) is 6.50. The third kappa shape index (κ3) is 4.43. The number of nitrogens with one attached hydrogen (secondary N) is 1. The summed E-state index contributed by atoms with van der Waals surface area (Å²) in [5.41, 5.74) is 4.51. The summed E-state index contributed by atoms with van der Waals surface area (Å²) in [5.74, 6) is 0.969. The van der Waals surface area contributed by atoms with E-state index in [9.17, 15) is 4.79 Å². The number of piperidine rings is 1. The van der Waals surface area contributed by atoms with Crippen LogP contribution in [0.4, 0.5) is 5.95 Å². The minimum absolute atomic E-state index is 0.0496. The largest absolute Gasteiger partial charge is 0.383 e. The van der Waals surface area contributed by atoms with Gasteiger partial charge in [-0.25, -0.2) is 9.97 Å². The van der Waals surface area contributed by atoms with Crippen LogP contribution in [0.2, 0.25) is 0 Å². The average Bonchev–Trinajstić information content (AvgIpc) is 2.69. The van der Waals surface area contributed by atoms with Gasteiger partial charge in [0.2, 0.25) is 11.9 Å². The van der Waals surface area contributed by atoms with Crippen molar-refractivity contribution in [3.05, 3.63) is 29.0 Å². The molecule has 1 saturated heterocycles. The summed E-state index contributed by atoms with van der Waals surface area (Å²) < 4.78 is 5.18. The second-order valence-electron chi connectivity index (χ2n) is 7.89. The van der Waals surface area contributed by atoms with Gasteiger partial charge in [0.25, 0.3) is 0 Å². The van der Waals surface area contributed by atoms with E-state index in [0.29, 0.717) is 6.61 Å². The molecule has 1 aromatic heterocycles. The van der Waals surface area contributed by atoms with Crippen LogP contribution >= 0.6 is 0 Å². The van der Waals surface area contributed by atoms with Crippen molar-refractivity contribution in [2.75, 3.05) is 31.7 Å². The Labute approximate surface area is 167 Å². The van der Waals surface area contributed by atoms with Gasteiger partial charge >= 0.3 is 0 Å². The number of aryl methyl sites for hydroxylation is 3. The van der Waals surface area contributed by atoms with Crippen molar-refractivity contribution in [3.8, 4) is 0 Å². The number of carbonyl (C=O) groups excluding carboxylic acids is 1. The van der Waals surface area contributed by atoms with Crippen LogP contribution in [0.15, 0.2) is 12.1 Å². The van der Waals surface area contributed by atoms with Crippen molar-refractivity contribution in [3.63, 3.8) is 0 Å². The van der Waals surface area contributed by atoms with Crippen molar-refractivity contribution in [1.82, 2.24) is 15.3 Å². The van der Waals surface area contributed by atoms with Gasteiger partial charge in [0.15, 0.2) is 0 Å². The van der Waals surface area contributed by atoms with Crippen molar-refractivity contribution in [1.29, 1.82) is 0 Å². The molecule has 2 heterocycles. The highest BCUT2D eigenvalue weighted by molar-refractivity contribution is 5.83. The molecule has 1 fully saturated rings. The lowest BCUT2D eigenvalue weighted by Gasteiger charge is -2.32. The van der Waals surface area contributed by atoms with Crippen molar-refractivity contribution in [2.24, 2.45) is 5.92 Å². The van der Waals surface area contributed by atoms with Crippen LogP contribution in [0.1, 0.15) is 43.0 Å². The lowest BCUT2D eigenvalue weighted by Crippen LogP contribution is -2.45. The quantitative estimate of drug-likeness (QED) is 0.828. The second kappa shape index (κ2) is 8.86. The Morgan fingerprint density at radius 3 is 2.54 bits per heavy atom. The SMILES string of the molecule is CCC(COC)NC(=O)C1CCN(c2nc(C)c3cc(C)c(C)cc3n2)CC1. The summed E-state index contributed by atoms with van der Waals surface area (Å²) in [6.45, 7) is 10.5. The summed E-state index contributed by atoms with van der Waals surface area (Å²) in [7, 11) is 1.67. The molecule has 1 N–H and O–H groups in total. The maximum atomic E-state index is 12.6. The molecule has 1 aromatic carbocycles. The molecule has 3 rings (SSSR count). The minimum Gasteiger partial charge on any atom is -0.383 e. The highest BCUT2D eigenvalue weighted by atomic mass is 16.5. The number of fused-ring (bicyclic) bond motifs is 1. The van der Waals surface area contributed by atoms with E-state index in [4.69, 9.17) is 14.7 Å². The Morgan fingerprint density at radius 1 is 1.21 bits per heavy atom. The van der Waals surface area contributed by atoms with Crippen molar-refractivity contribution < 1.29 is 9.53 Å². The van der Waals surface area contributed by atoms with E-state index < -0.39 is 0 Å². The maximum Gasteiger partial charge on any atom is 0.226 e. The first kappa shape index (κ1) is 20.5. The molecule has 152 valence electrons. The Balaban J connectivity index is 1.68. The number of anilines is 1. The number of nitrogens with zero attached hydrogens (tertiary/aromatic N) is 3. The first-order chi connectivity index (χ1) is 13.4. The van der Waals surface area contributed by atoms with Gasteiger partial charge in [-0.15, -0.1) is 0 Å². The summed E-state index contributed by atoms with van der Waals surface area (Å²) in [4.78, 5) is 24.3.